The lowest BCUT2D eigenvalue weighted by Gasteiger charge is -2.16. The maximum Gasteiger partial charge on any atom is 0.407 e. The Morgan fingerprint density at radius 3 is 2.79 bits per heavy atom. The van der Waals surface area contributed by atoms with Crippen molar-refractivity contribution in [3.05, 3.63) is 35.0 Å². The summed E-state index contributed by atoms with van der Waals surface area (Å²) in [5.41, 5.74) is 4.48. The van der Waals surface area contributed by atoms with E-state index in [1.54, 1.807) is 0 Å². The van der Waals surface area contributed by atoms with Gasteiger partial charge in [-0.15, -0.1) is 0 Å². The van der Waals surface area contributed by atoms with Gasteiger partial charge in [0.05, 0.1) is 19.3 Å². The molecule has 1 aliphatic carbocycles. The SMILES string of the molecule is CCCCOC(=O)NCCCn1c2c(c3cc(C(=O)OC)ccc31)CCCC2. The molecule has 1 aliphatic rings. The van der Waals surface area contributed by atoms with E-state index in [4.69, 9.17) is 9.47 Å². The molecule has 0 bridgehead atoms. The molecule has 0 fully saturated rings. The van der Waals surface area contributed by atoms with E-state index in [9.17, 15) is 9.59 Å². The van der Waals surface area contributed by atoms with E-state index in [1.807, 2.05) is 18.2 Å². The first-order valence-corrected chi connectivity index (χ1v) is 10.3. The maximum atomic E-state index is 11.9. The Labute approximate surface area is 166 Å². The van der Waals surface area contributed by atoms with Gasteiger partial charge in [-0.25, -0.2) is 9.59 Å². The number of benzene rings is 1. The zero-order valence-electron chi connectivity index (χ0n) is 16.9. The molecule has 0 atom stereocenters. The van der Waals surface area contributed by atoms with Crippen molar-refractivity contribution in [1.82, 2.24) is 9.88 Å². The molecular weight excluding hydrogens is 356 g/mol. The number of alkyl carbamates (subject to hydrolysis) is 1. The van der Waals surface area contributed by atoms with Crippen LogP contribution in [0.3, 0.4) is 0 Å². The molecule has 0 saturated heterocycles. The van der Waals surface area contributed by atoms with Gasteiger partial charge in [-0.05, 0) is 62.3 Å². The van der Waals surface area contributed by atoms with E-state index in [0.29, 0.717) is 18.7 Å². The number of amides is 1. The number of aromatic nitrogens is 1. The number of methoxy groups -OCH3 is 1. The molecule has 6 heteroatoms. The summed E-state index contributed by atoms with van der Waals surface area (Å²) >= 11 is 0. The molecule has 28 heavy (non-hydrogen) atoms. The van der Waals surface area contributed by atoms with Crippen molar-refractivity contribution in [3.8, 4) is 0 Å². The van der Waals surface area contributed by atoms with E-state index >= 15 is 0 Å². The summed E-state index contributed by atoms with van der Waals surface area (Å²) in [4.78, 5) is 23.6. The third kappa shape index (κ3) is 4.49. The summed E-state index contributed by atoms with van der Waals surface area (Å²) in [5, 5.41) is 3.99. The number of aryl methyl sites for hydroxylation is 2. The zero-order chi connectivity index (χ0) is 19.9. The molecule has 0 spiro atoms. The number of unbranched alkanes of at least 4 members (excludes halogenated alkanes) is 1. The van der Waals surface area contributed by atoms with E-state index in [1.165, 1.54) is 31.2 Å². The summed E-state index contributed by atoms with van der Waals surface area (Å²) in [7, 11) is 1.41. The first kappa shape index (κ1) is 20.2. The van der Waals surface area contributed by atoms with Gasteiger partial charge in [-0.1, -0.05) is 13.3 Å². The van der Waals surface area contributed by atoms with Crippen LogP contribution >= 0.6 is 0 Å². The maximum absolute atomic E-state index is 11.9. The Morgan fingerprint density at radius 1 is 1.18 bits per heavy atom. The highest BCUT2D eigenvalue weighted by Gasteiger charge is 2.21. The van der Waals surface area contributed by atoms with Gasteiger partial charge in [0.1, 0.15) is 0 Å². The Hall–Kier alpha value is -2.50. The summed E-state index contributed by atoms with van der Waals surface area (Å²) in [6, 6.07) is 5.82. The van der Waals surface area contributed by atoms with Crippen LogP contribution in [0, 0.1) is 0 Å². The Morgan fingerprint density at radius 2 is 2.00 bits per heavy atom. The Kier molecular flexibility index (Phi) is 6.95. The number of hydrogen-bond donors (Lipinski definition) is 1. The summed E-state index contributed by atoms with van der Waals surface area (Å²) < 4.78 is 12.4. The molecule has 0 unspecified atom stereocenters. The first-order valence-electron chi connectivity index (χ1n) is 10.3. The van der Waals surface area contributed by atoms with E-state index in [-0.39, 0.29) is 12.1 Å². The molecule has 2 aromatic rings. The smallest absolute Gasteiger partial charge is 0.407 e. The Balaban J connectivity index is 1.70. The summed E-state index contributed by atoms with van der Waals surface area (Å²) in [5.74, 6) is -0.301. The van der Waals surface area contributed by atoms with E-state index < -0.39 is 0 Å². The molecule has 1 N–H and O–H groups in total. The number of carbonyl (C=O) groups is 2. The summed E-state index contributed by atoms with van der Waals surface area (Å²) in [6.45, 7) is 3.95. The van der Waals surface area contributed by atoms with E-state index in [0.717, 1.165) is 49.6 Å². The first-order chi connectivity index (χ1) is 13.7. The van der Waals surface area contributed by atoms with Crippen LogP contribution in [-0.2, 0) is 28.9 Å². The molecule has 152 valence electrons. The number of rotatable bonds is 8. The number of carbonyl (C=O) groups excluding carboxylic acids is 2. The van der Waals surface area contributed by atoms with Crippen LogP contribution in [0.1, 0.15) is 60.6 Å². The van der Waals surface area contributed by atoms with Crippen molar-refractivity contribution in [2.75, 3.05) is 20.3 Å². The molecule has 6 nitrogen and oxygen atoms in total. The van der Waals surface area contributed by atoms with Gasteiger partial charge in [-0.2, -0.15) is 0 Å². The lowest BCUT2D eigenvalue weighted by Crippen LogP contribution is -2.26. The molecule has 1 heterocycles. The number of ether oxygens (including phenoxy) is 2. The minimum atomic E-state index is -0.337. The van der Waals surface area contributed by atoms with Crippen molar-refractivity contribution in [1.29, 1.82) is 0 Å². The number of nitrogens with one attached hydrogen (secondary N) is 1. The van der Waals surface area contributed by atoms with Crippen LogP contribution in [0.5, 0.6) is 0 Å². The molecular formula is C22H30N2O4. The standard InChI is InChI=1S/C22H30N2O4/c1-3-4-14-28-22(26)23-12-7-13-24-19-9-6-5-8-17(19)18-15-16(21(25)27-2)10-11-20(18)24/h10-11,15H,3-9,12-14H2,1-2H3,(H,23,26). The molecule has 0 aliphatic heterocycles. The van der Waals surface area contributed by atoms with Crippen molar-refractivity contribution < 1.29 is 19.1 Å². The van der Waals surface area contributed by atoms with Gasteiger partial charge >= 0.3 is 12.1 Å². The van der Waals surface area contributed by atoms with Gasteiger partial charge in [0.2, 0.25) is 0 Å². The van der Waals surface area contributed by atoms with Crippen LogP contribution < -0.4 is 5.32 Å². The van der Waals surface area contributed by atoms with Crippen molar-refractivity contribution in [2.24, 2.45) is 0 Å². The second kappa shape index (κ2) is 9.62. The number of hydrogen-bond acceptors (Lipinski definition) is 4. The fourth-order valence-electron chi connectivity index (χ4n) is 3.92. The quantitative estimate of drug-likeness (QED) is 0.545. The second-order valence-electron chi connectivity index (χ2n) is 7.28. The van der Waals surface area contributed by atoms with Crippen LogP contribution in [0.2, 0.25) is 0 Å². The van der Waals surface area contributed by atoms with Crippen molar-refractivity contribution in [3.63, 3.8) is 0 Å². The monoisotopic (exact) mass is 386 g/mol. The minimum absolute atomic E-state index is 0.301. The topological polar surface area (TPSA) is 69.6 Å². The average Bonchev–Trinajstić information content (AvgIpc) is 3.04. The van der Waals surface area contributed by atoms with Gasteiger partial charge < -0.3 is 19.4 Å². The number of nitrogens with zero attached hydrogens (tertiary/aromatic N) is 1. The highest BCUT2D eigenvalue weighted by atomic mass is 16.5. The third-order valence-corrected chi connectivity index (χ3v) is 5.36. The molecule has 1 amide bonds. The van der Waals surface area contributed by atoms with Gasteiger partial charge in [0, 0.05) is 29.7 Å². The lowest BCUT2D eigenvalue weighted by atomic mass is 9.95. The fraction of sp³-hybridized carbons (Fsp3) is 0.545. The van der Waals surface area contributed by atoms with E-state index in [2.05, 4.69) is 16.8 Å². The number of esters is 1. The van der Waals surface area contributed by atoms with Gasteiger partial charge in [0.15, 0.2) is 0 Å². The number of fused-ring (bicyclic) bond motifs is 3. The molecule has 0 radical (unpaired) electrons. The normalized spacial score (nSPS) is 13.2. The van der Waals surface area contributed by atoms with Crippen molar-refractivity contribution >= 4 is 23.0 Å². The molecule has 0 saturated carbocycles. The lowest BCUT2D eigenvalue weighted by molar-refractivity contribution is 0.0601. The molecule has 3 rings (SSSR count). The highest BCUT2D eigenvalue weighted by Crippen LogP contribution is 2.33. The van der Waals surface area contributed by atoms with Crippen LogP contribution in [0.15, 0.2) is 18.2 Å². The molecule has 1 aromatic heterocycles. The van der Waals surface area contributed by atoms with Gasteiger partial charge in [0.25, 0.3) is 0 Å². The van der Waals surface area contributed by atoms with Crippen LogP contribution in [-0.4, -0.2) is 36.9 Å². The predicted octanol–water partition coefficient (Wildman–Crippen LogP) is 4.22. The molecule has 1 aromatic carbocycles. The van der Waals surface area contributed by atoms with Crippen LogP contribution in [0.25, 0.3) is 10.9 Å². The van der Waals surface area contributed by atoms with Crippen LogP contribution in [0.4, 0.5) is 4.79 Å². The highest BCUT2D eigenvalue weighted by molar-refractivity contribution is 5.96. The Bertz CT molecular complexity index is 841. The third-order valence-electron chi connectivity index (χ3n) is 5.36. The predicted molar refractivity (Wildman–Crippen MR) is 109 cm³/mol. The minimum Gasteiger partial charge on any atom is -0.465 e. The average molecular weight is 386 g/mol. The van der Waals surface area contributed by atoms with Gasteiger partial charge in [-0.3, -0.25) is 0 Å². The zero-order valence-corrected chi connectivity index (χ0v) is 16.9. The summed E-state index contributed by atoms with van der Waals surface area (Å²) in [6.07, 6.45) is 6.87. The largest absolute Gasteiger partial charge is 0.465 e. The fourth-order valence-corrected chi connectivity index (χ4v) is 3.92. The van der Waals surface area contributed by atoms with Crippen molar-refractivity contribution in [2.45, 2.75) is 58.4 Å². The second-order valence-corrected chi connectivity index (χ2v) is 7.28.